The number of benzene rings is 2. The Labute approximate surface area is 172 Å². The predicted octanol–water partition coefficient (Wildman–Crippen LogP) is 3.31. The Morgan fingerprint density at radius 2 is 1.86 bits per heavy atom. The molecule has 1 fully saturated rings. The third-order valence-corrected chi connectivity index (χ3v) is 5.26. The van der Waals surface area contributed by atoms with Gasteiger partial charge in [-0.2, -0.15) is 0 Å². The lowest BCUT2D eigenvalue weighted by Crippen LogP contribution is -2.41. The number of hydrogen-bond acceptors (Lipinski definition) is 2. The van der Waals surface area contributed by atoms with Gasteiger partial charge in [0.15, 0.2) is 5.96 Å². The van der Waals surface area contributed by atoms with E-state index in [9.17, 15) is 9.18 Å². The summed E-state index contributed by atoms with van der Waals surface area (Å²) in [6.45, 7) is 4.02. The van der Waals surface area contributed by atoms with Crippen molar-refractivity contribution >= 4 is 11.9 Å². The molecule has 29 heavy (non-hydrogen) atoms. The lowest BCUT2D eigenvalue weighted by molar-refractivity contribution is 0.0827. The molecule has 0 spiro atoms. The van der Waals surface area contributed by atoms with Crippen molar-refractivity contribution in [1.82, 2.24) is 15.5 Å². The second-order valence-electron chi connectivity index (χ2n) is 7.74. The molecule has 0 radical (unpaired) electrons. The van der Waals surface area contributed by atoms with Gasteiger partial charge in [-0.3, -0.25) is 4.79 Å². The van der Waals surface area contributed by atoms with Crippen LogP contribution in [0, 0.1) is 5.82 Å². The highest BCUT2D eigenvalue weighted by Gasteiger charge is 2.44. The second-order valence-corrected chi connectivity index (χ2v) is 7.74. The molecule has 1 saturated carbocycles. The average Bonchev–Trinajstić information content (AvgIpc) is 3.51. The monoisotopic (exact) mass is 396 g/mol. The van der Waals surface area contributed by atoms with E-state index >= 15 is 0 Å². The number of nitrogens with zero attached hydrogens (tertiary/aromatic N) is 2. The van der Waals surface area contributed by atoms with Gasteiger partial charge >= 0.3 is 0 Å². The van der Waals surface area contributed by atoms with Crippen molar-refractivity contribution in [3.05, 3.63) is 71.0 Å². The first-order valence-electron chi connectivity index (χ1n) is 10.0. The molecular weight excluding hydrogens is 367 g/mol. The number of rotatable bonds is 7. The highest BCUT2D eigenvalue weighted by Crippen LogP contribution is 2.47. The highest BCUT2D eigenvalue weighted by atomic mass is 19.1. The van der Waals surface area contributed by atoms with Gasteiger partial charge in [0.2, 0.25) is 0 Å². The zero-order valence-electron chi connectivity index (χ0n) is 17.3. The van der Waals surface area contributed by atoms with E-state index in [0.29, 0.717) is 12.1 Å². The zero-order valence-corrected chi connectivity index (χ0v) is 17.3. The number of aliphatic imine (C=N–C) groups is 1. The van der Waals surface area contributed by atoms with Crippen molar-refractivity contribution in [3.8, 4) is 0 Å². The van der Waals surface area contributed by atoms with E-state index in [1.54, 1.807) is 31.1 Å². The number of halogens is 1. The SMILES string of the molecule is CCNC(=NCc1ccc(C(=O)N(C)C)cc1)NCC1(c2cccc(F)c2)CC1. The Kier molecular flexibility index (Phi) is 6.52. The molecule has 1 amide bonds. The van der Waals surface area contributed by atoms with Crippen molar-refractivity contribution in [1.29, 1.82) is 0 Å². The predicted molar refractivity (Wildman–Crippen MR) is 115 cm³/mol. The summed E-state index contributed by atoms with van der Waals surface area (Å²) in [5.41, 5.74) is 2.73. The first-order chi connectivity index (χ1) is 13.9. The molecule has 6 heteroatoms. The Morgan fingerprint density at radius 3 is 2.45 bits per heavy atom. The van der Waals surface area contributed by atoms with Crippen molar-refractivity contribution in [2.24, 2.45) is 4.99 Å². The molecule has 154 valence electrons. The summed E-state index contributed by atoms with van der Waals surface area (Å²) >= 11 is 0. The molecule has 0 aliphatic heterocycles. The van der Waals surface area contributed by atoms with Gasteiger partial charge in [-0.15, -0.1) is 0 Å². The average molecular weight is 397 g/mol. The maximum absolute atomic E-state index is 13.6. The van der Waals surface area contributed by atoms with Gasteiger partial charge < -0.3 is 15.5 Å². The molecular formula is C23H29FN4O. The summed E-state index contributed by atoms with van der Waals surface area (Å²) in [5, 5.41) is 6.68. The number of amides is 1. The molecule has 0 unspecified atom stereocenters. The van der Waals surface area contributed by atoms with Crippen LogP contribution in [-0.2, 0) is 12.0 Å². The Balaban J connectivity index is 1.62. The second kappa shape index (κ2) is 9.07. The molecule has 0 heterocycles. The largest absolute Gasteiger partial charge is 0.357 e. The minimum Gasteiger partial charge on any atom is -0.357 e. The number of carbonyl (C=O) groups excluding carboxylic acids is 1. The van der Waals surface area contributed by atoms with Crippen LogP contribution in [0.15, 0.2) is 53.5 Å². The smallest absolute Gasteiger partial charge is 0.253 e. The molecule has 0 aromatic heterocycles. The van der Waals surface area contributed by atoms with E-state index in [2.05, 4.69) is 15.6 Å². The van der Waals surface area contributed by atoms with Gasteiger partial charge in [0.05, 0.1) is 6.54 Å². The fourth-order valence-electron chi connectivity index (χ4n) is 3.31. The summed E-state index contributed by atoms with van der Waals surface area (Å²) in [4.78, 5) is 18.2. The maximum atomic E-state index is 13.6. The quantitative estimate of drug-likeness (QED) is 0.558. The van der Waals surface area contributed by atoms with Gasteiger partial charge in [0.1, 0.15) is 5.82 Å². The molecule has 2 aromatic rings. The molecule has 2 N–H and O–H groups in total. The number of guanidine groups is 1. The molecule has 2 aromatic carbocycles. The minimum atomic E-state index is -0.189. The Morgan fingerprint density at radius 1 is 1.14 bits per heavy atom. The van der Waals surface area contributed by atoms with E-state index in [1.807, 2.05) is 37.3 Å². The fraction of sp³-hybridized carbons (Fsp3) is 0.391. The van der Waals surface area contributed by atoms with Crippen molar-refractivity contribution < 1.29 is 9.18 Å². The minimum absolute atomic E-state index is 0.00746. The van der Waals surface area contributed by atoms with Crippen LogP contribution in [0.3, 0.4) is 0 Å². The highest BCUT2D eigenvalue weighted by molar-refractivity contribution is 5.93. The molecule has 3 rings (SSSR count). The molecule has 0 atom stereocenters. The topological polar surface area (TPSA) is 56.7 Å². The van der Waals surface area contributed by atoms with E-state index < -0.39 is 0 Å². The zero-order chi connectivity index (χ0) is 20.9. The van der Waals surface area contributed by atoms with Crippen molar-refractivity contribution in [2.75, 3.05) is 27.2 Å². The Hall–Kier alpha value is -2.89. The molecule has 0 saturated heterocycles. The van der Waals surface area contributed by atoms with Crippen LogP contribution < -0.4 is 10.6 Å². The van der Waals surface area contributed by atoms with Gasteiger partial charge in [0.25, 0.3) is 5.91 Å². The maximum Gasteiger partial charge on any atom is 0.253 e. The summed E-state index contributed by atoms with van der Waals surface area (Å²) in [6.07, 6.45) is 2.09. The molecule has 1 aliphatic rings. The van der Waals surface area contributed by atoms with E-state index in [0.717, 1.165) is 43.0 Å². The van der Waals surface area contributed by atoms with Crippen LogP contribution >= 0.6 is 0 Å². The first-order valence-corrected chi connectivity index (χ1v) is 10.0. The lowest BCUT2D eigenvalue weighted by atomic mass is 9.96. The van der Waals surface area contributed by atoms with Gasteiger partial charge in [-0.1, -0.05) is 24.3 Å². The molecule has 1 aliphatic carbocycles. The summed E-state index contributed by atoms with van der Waals surface area (Å²) in [6, 6.07) is 14.4. The standard InChI is InChI=1S/C23H29FN4O/c1-4-25-22(26-15-17-8-10-18(11-9-17)21(29)28(2)3)27-16-23(12-13-23)19-6-5-7-20(24)14-19/h5-11,14H,4,12-13,15-16H2,1-3H3,(H2,25,26,27). The molecule has 5 nitrogen and oxygen atoms in total. The summed E-state index contributed by atoms with van der Waals surface area (Å²) in [7, 11) is 3.48. The van der Waals surface area contributed by atoms with Gasteiger partial charge in [0, 0.05) is 38.2 Å². The van der Waals surface area contributed by atoms with E-state index in [1.165, 1.54) is 6.07 Å². The van der Waals surface area contributed by atoms with Crippen molar-refractivity contribution in [2.45, 2.75) is 31.7 Å². The van der Waals surface area contributed by atoms with Crippen LogP contribution in [0.1, 0.15) is 41.3 Å². The number of hydrogen-bond donors (Lipinski definition) is 2. The summed E-state index contributed by atoms with van der Waals surface area (Å²) < 4.78 is 13.6. The van der Waals surface area contributed by atoms with Crippen LogP contribution in [-0.4, -0.2) is 44.0 Å². The van der Waals surface area contributed by atoms with Crippen LogP contribution in [0.4, 0.5) is 4.39 Å². The third-order valence-electron chi connectivity index (χ3n) is 5.26. The van der Waals surface area contributed by atoms with Crippen LogP contribution in [0.25, 0.3) is 0 Å². The summed E-state index contributed by atoms with van der Waals surface area (Å²) in [5.74, 6) is 0.538. The molecule has 0 bridgehead atoms. The van der Waals surface area contributed by atoms with E-state index in [4.69, 9.17) is 0 Å². The van der Waals surface area contributed by atoms with Crippen LogP contribution in [0.5, 0.6) is 0 Å². The Bertz CT molecular complexity index is 873. The first kappa shape index (κ1) is 20.8. The van der Waals surface area contributed by atoms with Crippen molar-refractivity contribution in [3.63, 3.8) is 0 Å². The van der Waals surface area contributed by atoms with Crippen LogP contribution in [0.2, 0.25) is 0 Å². The fourth-order valence-corrected chi connectivity index (χ4v) is 3.31. The van der Waals surface area contributed by atoms with Gasteiger partial charge in [-0.25, -0.2) is 9.38 Å². The lowest BCUT2D eigenvalue weighted by Gasteiger charge is -2.19. The number of carbonyl (C=O) groups is 1. The number of nitrogens with one attached hydrogen (secondary N) is 2. The normalized spacial score (nSPS) is 15.0. The third kappa shape index (κ3) is 5.34. The van der Waals surface area contributed by atoms with E-state index in [-0.39, 0.29) is 17.1 Å². The van der Waals surface area contributed by atoms with Gasteiger partial charge in [-0.05, 0) is 55.2 Å².